The van der Waals surface area contributed by atoms with Crippen molar-refractivity contribution in [1.82, 2.24) is 9.55 Å². The smallest absolute Gasteiger partial charge is 0.151 e. The Morgan fingerprint density at radius 3 is 3.00 bits per heavy atom. The second-order valence-corrected chi connectivity index (χ2v) is 4.03. The SMILES string of the molecule is COCCCn1c(CCl)nc2c(F)cccc21. The van der Waals surface area contributed by atoms with Crippen LogP contribution in [-0.2, 0) is 17.2 Å². The Balaban J connectivity index is 2.40. The molecule has 3 nitrogen and oxygen atoms in total. The van der Waals surface area contributed by atoms with Crippen LogP contribution >= 0.6 is 11.6 Å². The molecule has 0 spiro atoms. The highest BCUT2D eigenvalue weighted by Gasteiger charge is 2.12. The molecular weight excluding hydrogens is 243 g/mol. The molecule has 17 heavy (non-hydrogen) atoms. The molecule has 0 radical (unpaired) electrons. The van der Waals surface area contributed by atoms with E-state index in [1.165, 1.54) is 6.07 Å². The van der Waals surface area contributed by atoms with Crippen molar-refractivity contribution in [3.63, 3.8) is 0 Å². The van der Waals surface area contributed by atoms with Gasteiger partial charge in [-0.3, -0.25) is 0 Å². The quantitative estimate of drug-likeness (QED) is 0.608. The van der Waals surface area contributed by atoms with E-state index >= 15 is 0 Å². The van der Waals surface area contributed by atoms with E-state index in [1.807, 2.05) is 10.6 Å². The second-order valence-electron chi connectivity index (χ2n) is 3.77. The zero-order valence-corrected chi connectivity index (χ0v) is 10.4. The van der Waals surface area contributed by atoms with Gasteiger partial charge in [-0.05, 0) is 18.6 Å². The number of alkyl halides is 1. The predicted molar refractivity (Wildman–Crippen MR) is 65.7 cm³/mol. The van der Waals surface area contributed by atoms with Crippen LogP contribution in [0.25, 0.3) is 11.0 Å². The Bertz CT molecular complexity index is 512. The average molecular weight is 257 g/mol. The number of hydrogen-bond acceptors (Lipinski definition) is 2. The van der Waals surface area contributed by atoms with Crippen molar-refractivity contribution in [2.45, 2.75) is 18.8 Å². The number of hydrogen-bond donors (Lipinski definition) is 0. The van der Waals surface area contributed by atoms with Crippen molar-refractivity contribution in [3.8, 4) is 0 Å². The van der Waals surface area contributed by atoms with Crippen LogP contribution in [0.2, 0.25) is 0 Å². The van der Waals surface area contributed by atoms with Gasteiger partial charge in [-0.15, -0.1) is 11.6 Å². The maximum absolute atomic E-state index is 13.6. The number of rotatable bonds is 5. The minimum atomic E-state index is -0.306. The molecule has 2 rings (SSSR count). The highest BCUT2D eigenvalue weighted by molar-refractivity contribution is 6.16. The Hall–Kier alpha value is -1.13. The van der Waals surface area contributed by atoms with Crippen molar-refractivity contribution >= 4 is 22.6 Å². The minimum Gasteiger partial charge on any atom is -0.385 e. The van der Waals surface area contributed by atoms with Crippen LogP contribution in [0.4, 0.5) is 4.39 Å². The monoisotopic (exact) mass is 256 g/mol. The molecule has 2 aromatic rings. The number of aromatic nitrogens is 2. The molecule has 0 saturated heterocycles. The van der Waals surface area contributed by atoms with Gasteiger partial charge >= 0.3 is 0 Å². The summed E-state index contributed by atoms with van der Waals surface area (Å²) in [6.45, 7) is 1.40. The number of aryl methyl sites for hydroxylation is 1. The number of benzene rings is 1. The molecule has 0 N–H and O–H groups in total. The third kappa shape index (κ3) is 2.42. The van der Waals surface area contributed by atoms with Crippen molar-refractivity contribution < 1.29 is 9.13 Å². The molecule has 0 aliphatic carbocycles. The van der Waals surface area contributed by atoms with E-state index in [9.17, 15) is 4.39 Å². The first kappa shape index (κ1) is 12.3. The highest BCUT2D eigenvalue weighted by Crippen LogP contribution is 2.20. The summed E-state index contributed by atoms with van der Waals surface area (Å²) in [7, 11) is 1.66. The van der Waals surface area contributed by atoms with Crippen molar-refractivity contribution in [2.75, 3.05) is 13.7 Å². The second kappa shape index (κ2) is 5.47. The lowest BCUT2D eigenvalue weighted by atomic mass is 10.3. The van der Waals surface area contributed by atoms with Gasteiger partial charge in [-0.2, -0.15) is 0 Å². The molecule has 1 aromatic heterocycles. The molecule has 0 aliphatic heterocycles. The number of para-hydroxylation sites is 1. The molecule has 0 atom stereocenters. The standard InChI is InChI=1S/C12H14ClFN2O/c1-17-7-3-6-16-10-5-2-4-9(14)12(10)15-11(16)8-13/h2,4-5H,3,6-8H2,1H3. The van der Waals surface area contributed by atoms with Gasteiger partial charge < -0.3 is 9.30 Å². The summed E-state index contributed by atoms with van der Waals surface area (Å²) >= 11 is 5.83. The normalized spacial score (nSPS) is 11.2. The van der Waals surface area contributed by atoms with Crippen LogP contribution in [0.1, 0.15) is 12.2 Å². The Kier molecular flexibility index (Phi) is 3.97. The van der Waals surface area contributed by atoms with Crippen molar-refractivity contribution in [3.05, 3.63) is 29.8 Å². The van der Waals surface area contributed by atoms with Gasteiger partial charge in [-0.1, -0.05) is 6.07 Å². The summed E-state index contributed by atoms with van der Waals surface area (Å²) < 4.78 is 20.5. The fourth-order valence-electron chi connectivity index (χ4n) is 1.88. The van der Waals surface area contributed by atoms with Crippen LogP contribution < -0.4 is 0 Å². The van der Waals surface area contributed by atoms with E-state index in [2.05, 4.69) is 4.98 Å². The molecule has 1 heterocycles. The molecule has 0 amide bonds. The molecule has 0 aliphatic rings. The van der Waals surface area contributed by atoms with Gasteiger partial charge in [0.1, 0.15) is 11.3 Å². The number of ether oxygens (including phenoxy) is 1. The number of imidazole rings is 1. The van der Waals surface area contributed by atoms with Gasteiger partial charge in [-0.25, -0.2) is 9.37 Å². The van der Waals surface area contributed by atoms with Gasteiger partial charge in [0.15, 0.2) is 5.82 Å². The summed E-state index contributed by atoms with van der Waals surface area (Å²) in [6, 6.07) is 4.95. The lowest BCUT2D eigenvalue weighted by Crippen LogP contribution is -2.04. The maximum Gasteiger partial charge on any atom is 0.151 e. The van der Waals surface area contributed by atoms with Gasteiger partial charge in [0, 0.05) is 20.3 Å². The number of nitrogens with zero attached hydrogens (tertiary/aromatic N) is 2. The Labute approximate surface area is 104 Å². The zero-order chi connectivity index (χ0) is 12.3. The molecule has 1 aromatic carbocycles. The predicted octanol–water partition coefficient (Wildman–Crippen LogP) is 2.95. The van der Waals surface area contributed by atoms with E-state index in [0.717, 1.165) is 18.5 Å². The van der Waals surface area contributed by atoms with Crippen molar-refractivity contribution in [1.29, 1.82) is 0 Å². The van der Waals surface area contributed by atoms with Gasteiger partial charge in [0.25, 0.3) is 0 Å². The molecular formula is C12H14ClFN2O. The largest absolute Gasteiger partial charge is 0.385 e. The lowest BCUT2D eigenvalue weighted by molar-refractivity contribution is 0.190. The fraction of sp³-hybridized carbons (Fsp3) is 0.417. The number of methoxy groups -OCH3 is 1. The lowest BCUT2D eigenvalue weighted by Gasteiger charge is -2.06. The highest BCUT2D eigenvalue weighted by atomic mass is 35.5. The fourth-order valence-corrected chi connectivity index (χ4v) is 2.08. The summed E-state index contributed by atoms with van der Waals surface area (Å²) in [5, 5.41) is 0. The topological polar surface area (TPSA) is 27.1 Å². The van der Waals surface area contributed by atoms with Gasteiger partial charge in [0.2, 0.25) is 0 Å². The van der Waals surface area contributed by atoms with Crippen LogP contribution in [0.3, 0.4) is 0 Å². The van der Waals surface area contributed by atoms with E-state index in [1.54, 1.807) is 13.2 Å². The molecule has 0 bridgehead atoms. The van der Waals surface area contributed by atoms with Crippen LogP contribution in [0.15, 0.2) is 18.2 Å². The van der Waals surface area contributed by atoms with E-state index in [4.69, 9.17) is 16.3 Å². The molecule has 0 saturated carbocycles. The van der Waals surface area contributed by atoms with Crippen LogP contribution in [0, 0.1) is 5.82 Å². The summed E-state index contributed by atoms with van der Waals surface area (Å²) in [4.78, 5) is 4.22. The van der Waals surface area contributed by atoms with E-state index < -0.39 is 0 Å². The first-order valence-corrected chi connectivity index (χ1v) is 6.00. The van der Waals surface area contributed by atoms with Crippen LogP contribution in [0.5, 0.6) is 0 Å². The number of fused-ring (bicyclic) bond motifs is 1. The molecule has 0 unspecified atom stereocenters. The summed E-state index contributed by atoms with van der Waals surface area (Å²) in [5.41, 5.74) is 1.18. The maximum atomic E-state index is 13.6. The molecule has 5 heteroatoms. The van der Waals surface area contributed by atoms with Crippen LogP contribution in [-0.4, -0.2) is 23.3 Å². The van der Waals surface area contributed by atoms with E-state index in [0.29, 0.717) is 17.9 Å². The molecule has 0 fully saturated rings. The average Bonchev–Trinajstić information content (AvgIpc) is 2.70. The third-order valence-electron chi connectivity index (χ3n) is 2.66. The summed E-state index contributed by atoms with van der Waals surface area (Å²) in [5.74, 6) is 0.670. The Morgan fingerprint density at radius 2 is 2.29 bits per heavy atom. The van der Waals surface area contributed by atoms with Crippen molar-refractivity contribution in [2.24, 2.45) is 0 Å². The Morgan fingerprint density at radius 1 is 1.47 bits per heavy atom. The third-order valence-corrected chi connectivity index (χ3v) is 2.90. The first-order chi connectivity index (χ1) is 8.27. The zero-order valence-electron chi connectivity index (χ0n) is 9.62. The summed E-state index contributed by atoms with van der Waals surface area (Å²) in [6.07, 6.45) is 0.850. The molecule has 92 valence electrons. The number of halogens is 2. The van der Waals surface area contributed by atoms with E-state index in [-0.39, 0.29) is 11.7 Å². The first-order valence-electron chi connectivity index (χ1n) is 5.46. The van der Waals surface area contributed by atoms with Gasteiger partial charge in [0.05, 0.1) is 11.4 Å². The minimum absolute atomic E-state index is 0.279.